The molecule has 1 aliphatic heterocycles. The maximum absolute atomic E-state index is 6.19. The summed E-state index contributed by atoms with van der Waals surface area (Å²) in [5.74, 6) is 0. The molecule has 3 heterocycles. The molecule has 0 radical (unpaired) electrons. The molecule has 0 amide bonds. The van der Waals surface area contributed by atoms with Crippen molar-refractivity contribution in [2.75, 3.05) is 24.7 Å². The maximum Gasteiger partial charge on any atom is 0.132 e. The third-order valence-electron chi connectivity index (χ3n) is 4.07. The highest BCUT2D eigenvalue weighted by atomic mass is 35.5. The number of morpholine rings is 1. The van der Waals surface area contributed by atoms with Gasteiger partial charge in [0.2, 0.25) is 0 Å². The van der Waals surface area contributed by atoms with Crippen molar-refractivity contribution in [3.63, 3.8) is 0 Å². The van der Waals surface area contributed by atoms with Gasteiger partial charge in [-0.1, -0.05) is 11.6 Å². The highest BCUT2D eigenvalue weighted by molar-refractivity contribution is 6.30. The minimum absolute atomic E-state index is 0.341. The molecule has 20 heavy (non-hydrogen) atoms. The van der Waals surface area contributed by atoms with Crippen molar-refractivity contribution in [3.05, 3.63) is 17.4 Å². The Kier molecular flexibility index (Phi) is 2.86. The van der Waals surface area contributed by atoms with Crippen LogP contribution >= 0.6 is 11.6 Å². The predicted molar refractivity (Wildman–Crippen MR) is 78.4 cm³/mol. The van der Waals surface area contributed by atoms with E-state index in [1.54, 1.807) is 0 Å². The highest BCUT2D eigenvalue weighted by Gasteiger charge is 2.30. The first-order chi connectivity index (χ1) is 9.74. The van der Waals surface area contributed by atoms with Gasteiger partial charge in [-0.3, -0.25) is 4.68 Å². The quantitative estimate of drug-likeness (QED) is 0.798. The van der Waals surface area contributed by atoms with Crippen molar-refractivity contribution in [2.24, 2.45) is 0 Å². The second-order valence-electron chi connectivity index (χ2n) is 5.64. The van der Waals surface area contributed by atoms with Gasteiger partial charge in [-0.05, 0) is 19.8 Å². The van der Waals surface area contributed by atoms with Crippen molar-refractivity contribution in [3.8, 4) is 0 Å². The van der Waals surface area contributed by atoms with E-state index in [-0.39, 0.29) is 0 Å². The van der Waals surface area contributed by atoms with E-state index < -0.39 is 0 Å². The fourth-order valence-corrected chi connectivity index (χ4v) is 3.11. The molecule has 1 atom stereocenters. The molecule has 5 nitrogen and oxygen atoms in total. The van der Waals surface area contributed by atoms with E-state index in [9.17, 15) is 0 Å². The summed E-state index contributed by atoms with van der Waals surface area (Å²) in [5, 5.41) is 5.05. The van der Waals surface area contributed by atoms with Gasteiger partial charge in [0.05, 0.1) is 31.1 Å². The van der Waals surface area contributed by atoms with Crippen LogP contribution in [0.1, 0.15) is 25.8 Å². The van der Waals surface area contributed by atoms with Crippen LogP contribution in [-0.4, -0.2) is 40.6 Å². The molecule has 0 bridgehead atoms. The van der Waals surface area contributed by atoms with E-state index in [0.717, 1.165) is 36.5 Å². The van der Waals surface area contributed by atoms with E-state index in [0.29, 0.717) is 17.2 Å². The maximum atomic E-state index is 6.19. The molecule has 6 heteroatoms. The number of ether oxygens (including phenoxy) is 1. The Morgan fingerprint density at radius 3 is 3.00 bits per heavy atom. The van der Waals surface area contributed by atoms with Crippen molar-refractivity contribution < 1.29 is 4.74 Å². The molecule has 0 aromatic carbocycles. The third-order valence-corrected chi connectivity index (χ3v) is 4.27. The van der Waals surface area contributed by atoms with Crippen LogP contribution in [0.25, 0.3) is 11.0 Å². The Labute approximate surface area is 122 Å². The van der Waals surface area contributed by atoms with Crippen LogP contribution in [0, 0.1) is 0 Å². The Bertz CT molecular complexity index is 652. The molecule has 4 rings (SSSR count). The zero-order valence-electron chi connectivity index (χ0n) is 11.4. The Hall–Kier alpha value is -1.33. The molecule has 2 aromatic heterocycles. The molecule has 0 N–H and O–H groups in total. The Balaban J connectivity index is 1.89. The minimum atomic E-state index is 0.341. The number of halogens is 1. The normalized spacial score (nSPS) is 23.5. The average Bonchev–Trinajstić information content (AvgIpc) is 3.19. The third kappa shape index (κ3) is 1.96. The predicted octanol–water partition coefficient (Wildman–Crippen LogP) is 2.64. The second kappa shape index (κ2) is 4.60. The smallest absolute Gasteiger partial charge is 0.132 e. The summed E-state index contributed by atoms with van der Waals surface area (Å²) in [6, 6.07) is 2.84. The zero-order valence-corrected chi connectivity index (χ0v) is 12.2. The first-order valence-corrected chi connectivity index (χ1v) is 7.50. The Morgan fingerprint density at radius 2 is 2.25 bits per heavy atom. The average molecular weight is 293 g/mol. The highest BCUT2D eigenvalue weighted by Crippen LogP contribution is 2.40. The van der Waals surface area contributed by atoms with Gasteiger partial charge in [-0.2, -0.15) is 5.10 Å². The van der Waals surface area contributed by atoms with Crippen LogP contribution in [0.4, 0.5) is 5.69 Å². The summed E-state index contributed by atoms with van der Waals surface area (Å²) in [6.07, 6.45) is 4.24. The molecular formula is C14H17ClN4O. The second-order valence-corrected chi connectivity index (χ2v) is 6.02. The van der Waals surface area contributed by atoms with Gasteiger partial charge >= 0.3 is 0 Å². The molecule has 1 unspecified atom stereocenters. The number of anilines is 1. The van der Waals surface area contributed by atoms with Gasteiger partial charge in [0.1, 0.15) is 16.2 Å². The molecule has 0 spiro atoms. The van der Waals surface area contributed by atoms with E-state index in [1.807, 2.05) is 12.3 Å². The van der Waals surface area contributed by atoms with Crippen LogP contribution in [-0.2, 0) is 4.74 Å². The standard InChI is InChI=1S/C14H17ClN4O/c1-9-8-20-5-4-18(9)12-6-13(15)17-11-7-16-19(14(11)12)10-2-3-10/h6-7,9-10H,2-5,8H2,1H3. The van der Waals surface area contributed by atoms with E-state index >= 15 is 0 Å². The van der Waals surface area contributed by atoms with Crippen LogP contribution in [0.2, 0.25) is 5.15 Å². The van der Waals surface area contributed by atoms with Gasteiger partial charge in [0, 0.05) is 18.7 Å². The lowest BCUT2D eigenvalue weighted by molar-refractivity contribution is 0.0990. The molecule has 106 valence electrons. The van der Waals surface area contributed by atoms with Crippen molar-refractivity contribution in [1.29, 1.82) is 0 Å². The van der Waals surface area contributed by atoms with Gasteiger partial charge in [0.25, 0.3) is 0 Å². The minimum Gasteiger partial charge on any atom is -0.377 e. The number of hydrogen-bond donors (Lipinski definition) is 0. The monoisotopic (exact) mass is 292 g/mol. The summed E-state index contributed by atoms with van der Waals surface area (Å²) < 4.78 is 7.66. The molecule has 2 aliphatic rings. The SMILES string of the molecule is CC1COCCN1c1cc(Cl)nc2cnn(C3CC3)c12. The van der Waals surface area contributed by atoms with Gasteiger partial charge in [-0.15, -0.1) is 0 Å². The topological polar surface area (TPSA) is 43.2 Å². The largest absolute Gasteiger partial charge is 0.377 e. The van der Waals surface area contributed by atoms with Crippen molar-refractivity contribution >= 4 is 28.3 Å². The van der Waals surface area contributed by atoms with Crippen molar-refractivity contribution in [1.82, 2.24) is 14.8 Å². The molecular weight excluding hydrogens is 276 g/mol. The summed E-state index contributed by atoms with van der Waals surface area (Å²) >= 11 is 6.19. The number of pyridine rings is 1. The molecule has 2 aromatic rings. The zero-order chi connectivity index (χ0) is 13.7. The van der Waals surface area contributed by atoms with Crippen molar-refractivity contribution in [2.45, 2.75) is 31.8 Å². The molecule has 1 aliphatic carbocycles. The number of nitrogens with zero attached hydrogens (tertiary/aromatic N) is 4. The summed E-state index contributed by atoms with van der Waals surface area (Å²) in [4.78, 5) is 6.77. The lowest BCUT2D eigenvalue weighted by atomic mass is 10.2. The summed E-state index contributed by atoms with van der Waals surface area (Å²) in [6.45, 7) is 4.56. The summed E-state index contributed by atoms with van der Waals surface area (Å²) in [5.41, 5.74) is 3.14. The van der Waals surface area contributed by atoms with Gasteiger partial charge < -0.3 is 9.64 Å². The lowest BCUT2D eigenvalue weighted by Gasteiger charge is -2.35. The molecule has 1 saturated carbocycles. The lowest BCUT2D eigenvalue weighted by Crippen LogP contribution is -2.44. The van der Waals surface area contributed by atoms with Crippen LogP contribution < -0.4 is 4.90 Å². The van der Waals surface area contributed by atoms with Crippen LogP contribution in [0.3, 0.4) is 0 Å². The number of fused-ring (bicyclic) bond motifs is 1. The van der Waals surface area contributed by atoms with Gasteiger partial charge in [-0.25, -0.2) is 4.98 Å². The van der Waals surface area contributed by atoms with Gasteiger partial charge in [0.15, 0.2) is 0 Å². The molecule has 1 saturated heterocycles. The number of hydrogen-bond acceptors (Lipinski definition) is 4. The summed E-state index contributed by atoms with van der Waals surface area (Å²) in [7, 11) is 0. The number of aromatic nitrogens is 3. The van der Waals surface area contributed by atoms with E-state index in [1.165, 1.54) is 12.8 Å². The van der Waals surface area contributed by atoms with Crippen LogP contribution in [0.5, 0.6) is 0 Å². The fourth-order valence-electron chi connectivity index (χ4n) is 2.91. The number of rotatable bonds is 2. The van der Waals surface area contributed by atoms with E-state index in [4.69, 9.17) is 16.3 Å². The van der Waals surface area contributed by atoms with Crippen LogP contribution in [0.15, 0.2) is 12.3 Å². The van der Waals surface area contributed by atoms with E-state index in [2.05, 4.69) is 26.6 Å². The fraction of sp³-hybridized carbons (Fsp3) is 0.571. The molecule has 2 fully saturated rings. The Morgan fingerprint density at radius 1 is 1.40 bits per heavy atom. The first-order valence-electron chi connectivity index (χ1n) is 7.12. The first kappa shape index (κ1) is 12.4.